The van der Waals surface area contributed by atoms with E-state index in [4.69, 9.17) is 9.97 Å². The molecule has 1 aromatic rings. The van der Waals surface area contributed by atoms with Gasteiger partial charge in [-0.05, 0) is 31.7 Å². The Labute approximate surface area is 126 Å². The number of hydrogen-bond donors (Lipinski definition) is 0. The summed E-state index contributed by atoms with van der Waals surface area (Å²) >= 11 is 0. The zero-order valence-corrected chi connectivity index (χ0v) is 13.1. The lowest BCUT2D eigenvalue weighted by atomic mass is 10.1. The van der Waals surface area contributed by atoms with E-state index in [2.05, 4.69) is 11.8 Å². The van der Waals surface area contributed by atoms with E-state index in [0.29, 0.717) is 6.42 Å². The number of aromatic nitrogens is 2. The van der Waals surface area contributed by atoms with Gasteiger partial charge in [0.25, 0.3) is 0 Å². The van der Waals surface area contributed by atoms with Gasteiger partial charge in [-0.1, -0.05) is 6.92 Å². The van der Waals surface area contributed by atoms with Gasteiger partial charge in [-0.25, -0.2) is 9.97 Å². The van der Waals surface area contributed by atoms with Crippen molar-refractivity contribution in [2.45, 2.75) is 46.0 Å². The SMILES string of the molecule is CCC(=O)N1CCc2nc(N3CCCC3)nc(C)c2CC1. The normalized spacial score (nSPS) is 18.6. The molecule has 2 aliphatic heterocycles. The molecule has 0 saturated carbocycles. The molecule has 21 heavy (non-hydrogen) atoms. The summed E-state index contributed by atoms with van der Waals surface area (Å²) in [5.41, 5.74) is 3.49. The predicted octanol–water partition coefficient (Wildman–Crippen LogP) is 1.72. The highest BCUT2D eigenvalue weighted by atomic mass is 16.2. The number of aryl methyl sites for hydroxylation is 1. The molecule has 0 unspecified atom stereocenters. The van der Waals surface area contributed by atoms with Crippen LogP contribution >= 0.6 is 0 Å². The quantitative estimate of drug-likeness (QED) is 0.831. The molecule has 0 bridgehead atoms. The van der Waals surface area contributed by atoms with E-state index < -0.39 is 0 Å². The molecule has 0 atom stereocenters. The van der Waals surface area contributed by atoms with Gasteiger partial charge in [-0.2, -0.15) is 0 Å². The molecule has 1 aromatic heterocycles. The molecular weight excluding hydrogens is 264 g/mol. The van der Waals surface area contributed by atoms with Crippen LogP contribution in [-0.4, -0.2) is 47.0 Å². The molecular formula is C16H24N4O. The van der Waals surface area contributed by atoms with Gasteiger partial charge >= 0.3 is 0 Å². The second-order valence-corrected chi connectivity index (χ2v) is 5.96. The number of amides is 1. The topological polar surface area (TPSA) is 49.3 Å². The minimum absolute atomic E-state index is 0.244. The molecule has 1 amide bonds. The Bertz CT molecular complexity index is 537. The lowest BCUT2D eigenvalue weighted by Crippen LogP contribution is -2.32. The first-order valence-corrected chi connectivity index (χ1v) is 8.08. The fraction of sp³-hybridized carbons (Fsp3) is 0.688. The fourth-order valence-electron chi connectivity index (χ4n) is 3.30. The number of nitrogens with zero attached hydrogens (tertiary/aromatic N) is 4. The lowest BCUT2D eigenvalue weighted by molar-refractivity contribution is -0.130. The third-order valence-electron chi connectivity index (χ3n) is 4.58. The fourth-order valence-corrected chi connectivity index (χ4v) is 3.30. The van der Waals surface area contributed by atoms with Crippen LogP contribution in [-0.2, 0) is 17.6 Å². The zero-order valence-electron chi connectivity index (χ0n) is 13.1. The molecule has 114 valence electrons. The molecule has 3 rings (SSSR count). The van der Waals surface area contributed by atoms with E-state index in [1.54, 1.807) is 0 Å². The third-order valence-corrected chi connectivity index (χ3v) is 4.58. The monoisotopic (exact) mass is 288 g/mol. The van der Waals surface area contributed by atoms with E-state index in [1.807, 2.05) is 11.8 Å². The maximum atomic E-state index is 11.9. The molecule has 5 heteroatoms. The highest BCUT2D eigenvalue weighted by molar-refractivity contribution is 5.75. The smallest absolute Gasteiger partial charge is 0.225 e. The number of anilines is 1. The van der Waals surface area contributed by atoms with Crippen molar-refractivity contribution < 1.29 is 4.79 Å². The summed E-state index contributed by atoms with van der Waals surface area (Å²) < 4.78 is 0. The molecule has 0 spiro atoms. The van der Waals surface area contributed by atoms with Crippen LogP contribution in [0.5, 0.6) is 0 Å². The van der Waals surface area contributed by atoms with E-state index in [1.165, 1.54) is 18.4 Å². The molecule has 0 aliphatic carbocycles. The number of rotatable bonds is 2. The van der Waals surface area contributed by atoms with Crippen molar-refractivity contribution in [2.24, 2.45) is 0 Å². The maximum Gasteiger partial charge on any atom is 0.225 e. The highest BCUT2D eigenvalue weighted by Gasteiger charge is 2.23. The summed E-state index contributed by atoms with van der Waals surface area (Å²) in [5, 5.41) is 0. The highest BCUT2D eigenvalue weighted by Crippen LogP contribution is 2.22. The van der Waals surface area contributed by atoms with Crippen LogP contribution in [0.3, 0.4) is 0 Å². The molecule has 1 fully saturated rings. The molecule has 0 aromatic carbocycles. The van der Waals surface area contributed by atoms with Gasteiger partial charge < -0.3 is 9.80 Å². The van der Waals surface area contributed by atoms with Crippen LogP contribution in [0, 0.1) is 6.92 Å². The second kappa shape index (κ2) is 6.00. The lowest BCUT2D eigenvalue weighted by Gasteiger charge is -2.18. The number of fused-ring (bicyclic) bond motifs is 1. The summed E-state index contributed by atoms with van der Waals surface area (Å²) in [6.07, 6.45) is 4.79. The minimum atomic E-state index is 0.244. The average molecular weight is 288 g/mol. The molecule has 3 heterocycles. The summed E-state index contributed by atoms with van der Waals surface area (Å²) in [5.74, 6) is 1.13. The molecule has 0 N–H and O–H groups in total. The van der Waals surface area contributed by atoms with Gasteiger partial charge in [0, 0.05) is 44.7 Å². The Hall–Kier alpha value is -1.65. The standard InChI is InChI=1S/C16H24N4O/c1-3-15(21)19-10-6-13-12(2)17-16(18-14(13)7-11-19)20-8-4-5-9-20/h3-11H2,1-2H3. The van der Waals surface area contributed by atoms with Crippen molar-refractivity contribution in [2.75, 3.05) is 31.1 Å². The number of carbonyl (C=O) groups excluding carboxylic acids is 1. The van der Waals surface area contributed by atoms with Crippen molar-refractivity contribution in [1.82, 2.24) is 14.9 Å². The summed E-state index contributed by atoms with van der Waals surface area (Å²) in [4.78, 5) is 25.7. The van der Waals surface area contributed by atoms with Crippen molar-refractivity contribution in [3.8, 4) is 0 Å². The van der Waals surface area contributed by atoms with Crippen LogP contribution in [0.2, 0.25) is 0 Å². The van der Waals surface area contributed by atoms with Gasteiger partial charge in [0.05, 0.1) is 5.69 Å². The Morgan fingerprint density at radius 1 is 1.10 bits per heavy atom. The van der Waals surface area contributed by atoms with Crippen LogP contribution in [0.1, 0.15) is 43.1 Å². The second-order valence-electron chi connectivity index (χ2n) is 5.96. The first kappa shape index (κ1) is 14.3. The molecule has 0 radical (unpaired) electrons. The van der Waals surface area contributed by atoms with Crippen LogP contribution in [0.25, 0.3) is 0 Å². The first-order valence-electron chi connectivity index (χ1n) is 8.08. The van der Waals surface area contributed by atoms with Crippen LogP contribution in [0.15, 0.2) is 0 Å². The number of hydrogen-bond acceptors (Lipinski definition) is 4. The van der Waals surface area contributed by atoms with Crippen molar-refractivity contribution in [3.05, 3.63) is 17.0 Å². The average Bonchev–Trinajstić information content (AvgIpc) is 2.93. The van der Waals surface area contributed by atoms with E-state index in [0.717, 1.165) is 56.4 Å². The van der Waals surface area contributed by atoms with E-state index in [-0.39, 0.29) is 5.91 Å². The van der Waals surface area contributed by atoms with Gasteiger partial charge in [0.1, 0.15) is 0 Å². The van der Waals surface area contributed by atoms with Crippen molar-refractivity contribution in [3.63, 3.8) is 0 Å². The predicted molar refractivity (Wildman–Crippen MR) is 82.5 cm³/mol. The van der Waals surface area contributed by atoms with Crippen LogP contribution < -0.4 is 4.90 Å². The van der Waals surface area contributed by atoms with Gasteiger partial charge in [-0.3, -0.25) is 4.79 Å². The van der Waals surface area contributed by atoms with Crippen LogP contribution in [0.4, 0.5) is 5.95 Å². The molecule has 1 saturated heterocycles. The third kappa shape index (κ3) is 2.87. The first-order chi connectivity index (χ1) is 10.2. The van der Waals surface area contributed by atoms with E-state index >= 15 is 0 Å². The van der Waals surface area contributed by atoms with E-state index in [9.17, 15) is 4.79 Å². The summed E-state index contributed by atoms with van der Waals surface area (Å²) in [7, 11) is 0. The molecule has 2 aliphatic rings. The van der Waals surface area contributed by atoms with Crippen molar-refractivity contribution >= 4 is 11.9 Å². The Kier molecular flexibility index (Phi) is 4.08. The Balaban J connectivity index is 1.84. The zero-order chi connectivity index (χ0) is 14.8. The van der Waals surface area contributed by atoms with Gasteiger partial charge in [0.15, 0.2) is 0 Å². The molecule has 5 nitrogen and oxygen atoms in total. The summed E-state index contributed by atoms with van der Waals surface area (Å²) in [6.45, 7) is 7.73. The summed E-state index contributed by atoms with van der Waals surface area (Å²) in [6, 6.07) is 0. The Morgan fingerprint density at radius 3 is 2.52 bits per heavy atom. The van der Waals surface area contributed by atoms with Gasteiger partial charge in [-0.15, -0.1) is 0 Å². The minimum Gasteiger partial charge on any atom is -0.342 e. The largest absolute Gasteiger partial charge is 0.342 e. The van der Waals surface area contributed by atoms with Gasteiger partial charge in [0.2, 0.25) is 11.9 Å². The maximum absolute atomic E-state index is 11.9. The number of carbonyl (C=O) groups is 1. The van der Waals surface area contributed by atoms with Crippen molar-refractivity contribution in [1.29, 1.82) is 0 Å². The Morgan fingerprint density at radius 2 is 1.81 bits per heavy atom.